The van der Waals surface area contributed by atoms with Crippen LogP contribution in [0.3, 0.4) is 0 Å². The summed E-state index contributed by atoms with van der Waals surface area (Å²) in [7, 11) is -3.79. The Labute approximate surface area is 189 Å². The minimum absolute atomic E-state index is 0.00115. The molecule has 0 aliphatic rings. The standard InChI is InChI=1S/C21H17Cl2N3O4S/c22-15-8-11-18(23)19(12-15)25-20(27)13-24-21(28)14-6-9-17(10-7-14)31(29,30)26-16-4-2-1-3-5-16/h1-12,26H,13H2,(H,24,28)(H,25,27). The lowest BCUT2D eigenvalue weighted by molar-refractivity contribution is -0.115. The van der Waals surface area contributed by atoms with Crippen molar-refractivity contribution in [1.82, 2.24) is 5.32 Å². The number of hydrogen-bond donors (Lipinski definition) is 3. The molecule has 0 aliphatic carbocycles. The fourth-order valence-electron chi connectivity index (χ4n) is 2.56. The molecule has 0 spiro atoms. The maximum Gasteiger partial charge on any atom is 0.261 e. The molecule has 3 aromatic rings. The highest BCUT2D eigenvalue weighted by Gasteiger charge is 2.16. The lowest BCUT2D eigenvalue weighted by Gasteiger charge is -2.10. The summed E-state index contributed by atoms with van der Waals surface area (Å²) < 4.78 is 27.3. The molecule has 7 nitrogen and oxygen atoms in total. The lowest BCUT2D eigenvalue weighted by Crippen LogP contribution is -2.32. The summed E-state index contributed by atoms with van der Waals surface area (Å²) >= 11 is 11.9. The van der Waals surface area contributed by atoms with Gasteiger partial charge in [-0.25, -0.2) is 8.42 Å². The minimum Gasteiger partial charge on any atom is -0.343 e. The van der Waals surface area contributed by atoms with Gasteiger partial charge >= 0.3 is 0 Å². The Kier molecular flexibility index (Phi) is 7.17. The predicted molar refractivity (Wildman–Crippen MR) is 121 cm³/mol. The summed E-state index contributed by atoms with van der Waals surface area (Å²) in [6.07, 6.45) is 0. The van der Waals surface area contributed by atoms with Gasteiger partial charge < -0.3 is 10.6 Å². The molecule has 0 unspecified atom stereocenters. The van der Waals surface area contributed by atoms with Crippen molar-refractivity contribution < 1.29 is 18.0 Å². The number of nitrogens with one attached hydrogen (secondary N) is 3. The Morgan fingerprint density at radius 3 is 2.23 bits per heavy atom. The molecule has 0 aromatic heterocycles. The smallest absolute Gasteiger partial charge is 0.261 e. The molecule has 3 N–H and O–H groups in total. The van der Waals surface area contributed by atoms with E-state index in [1.54, 1.807) is 42.5 Å². The fraction of sp³-hybridized carbons (Fsp3) is 0.0476. The van der Waals surface area contributed by atoms with E-state index in [1.807, 2.05) is 0 Å². The van der Waals surface area contributed by atoms with Crippen molar-refractivity contribution in [1.29, 1.82) is 0 Å². The normalized spacial score (nSPS) is 10.9. The largest absolute Gasteiger partial charge is 0.343 e. The molecule has 10 heteroatoms. The van der Waals surface area contributed by atoms with Gasteiger partial charge in [-0.1, -0.05) is 41.4 Å². The van der Waals surface area contributed by atoms with E-state index in [1.165, 1.54) is 30.3 Å². The maximum absolute atomic E-state index is 12.4. The number of carbonyl (C=O) groups is 2. The number of benzene rings is 3. The van der Waals surface area contributed by atoms with Gasteiger partial charge in [0.1, 0.15) is 0 Å². The van der Waals surface area contributed by atoms with Gasteiger partial charge in [-0.2, -0.15) is 0 Å². The van der Waals surface area contributed by atoms with Crippen molar-refractivity contribution in [3.63, 3.8) is 0 Å². The van der Waals surface area contributed by atoms with Crippen LogP contribution in [0.25, 0.3) is 0 Å². The van der Waals surface area contributed by atoms with Crippen LogP contribution in [0.5, 0.6) is 0 Å². The molecule has 0 aliphatic heterocycles. The summed E-state index contributed by atoms with van der Waals surface area (Å²) in [6, 6.07) is 18.4. The van der Waals surface area contributed by atoms with Crippen LogP contribution in [-0.2, 0) is 14.8 Å². The highest BCUT2D eigenvalue weighted by atomic mass is 35.5. The van der Waals surface area contributed by atoms with Crippen molar-refractivity contribution in [2.45, 2.75) is 4.90 Å². The quantitative estimate of drug-likeness (QED) is 0.474. The zero-order chi connectivity index (χ0) is 22.4. The first kappa shape index (κ1) is 22.6. The Bertz CT molecular complexity index is 1200. The molecule has 0 fully saturated rings. The number of halogens is 2. The second-order valence-corrected chi connectivity index (χ2v) is 8.88. The highest BCUT2D eigenvalue weighted by Crippen LogP contribution is 2.25. The van der Waals surface area contributed by atoms with Crippen molar-refractivity contribution in [3.05, 3.63) is 88.4 Å². The SMILES string of the molecule is O=C(CNC(=O)c1ccc(S(=O)(=O)Nc2ccccc2)cc1)Nc1cc(Cl)ccc1Cl. The third-order valence-corrected chi connectivity index (χ3v) is 6.03. The van der Waals surface area contributed by atoms with Crippen LogP contribution in [0.4, 0.5) is 11.4 Å². The van der Waals surface area contributed by atoms with Crippen molar-refractivity contribution in [2.24, 2.45) is 0 Å². The molecule has 160 valence electrons. The lowest BCUT2D eigenvalue weighted by atomic mass is 10.2. The van der Waals surface area contributed by atoms with E-state index in [-0.39, 0.29) is 17.0 Å². The van der Waals surface area contributed by atoms with Gasteiger partial charge in [0.2, 0.25) is 5.91 Å². The number of rotatable bonds is 7. The Balaban J connectivity index is 1.58. The molecule has 0 heterocycles. The molecule has 0 saturated heterocycles. The van der Waals surface area contributed by atoms with Crippen LogP contribution in [0.15, 0.2) is 77.7 Å². The van der Waals surface area contributed by atoms with Gasteiger partial charge in [-0.15, -0.1) is 0 Å². The third-order valence-electron chi connectivity index (χ3n) is 4.06. The van der Waals surface area contributed by atoms with Crippen molar-refractivity contribution >= 4 is 56.4 Å². The molecule has 3 rings (SSSR count). The molecule has 0 saturated carbocycles. The molecule has 31 heavy (non-hydrogen) atoms. The molecule has 0 radical (unpaired) electrons. The van der Waals surface area contributed by atoms with Gasteiger partial charge in [0.15, 0.2) is 0 Å². The number of carbonyl (C=O) groups excluding carboxylic acids is 2. The summed E-state index contributed by atoms with van der Waals surface area (Å²) in [4.78, 5) is 24.3. The first-order valence-electron chi connectivity index (χ1n) is 8.95. The van der Waals surface area contributed by atoms with E-state index < -0.39 is 21.8 Å². The number of para-hydroxylation sites is 1. The van der Waals surface area contributed by atoms with E-state index in [4.69, 9.17) is 23.2 Å². The zero-order valence-corrected chi connectivity index (χ0v) is 18.3. The van der Waals surface area contributed by atoms with Gasteiger partial charge in [-0.05, 0) is 54.6 Å². The van der Waals surface area contributed by atoms with Crippen molar-refractivity contribution in [3.8, 4) is 0 Å². The molecule has 3 aromatic carbocycles. The van der Waals surface area contributed by atoms with Gasteiger partial charge in [0.05, 0.1) is 22.2 Å². The average molecular weight is 478 g/mol. The van der Waals surface area contributed by atoms with Crippen LogP contribution in [0.2, 0.25) is 10.0 Å². The second kappa shape index (κ2) is 9.82. The molecular weight excluding hydrogens is 461 g/mol. The summed E-state index contributed by atoms with van der Waals surface area (Å²) in [5.41, 5.74) is 0.955. The topological polar surface area (TPSA) is 104 Å². The van der Waals surface area contributed by atoms with E-state index in [0.717, 1.165) is 0 Å². The van der Waals surface area contributed by atoms with Crippen molar-refractivity contribution in [2.75, 3.05) is 16.6 Å². The van der Waals surface area contributed by atoms with Crippen LogP contribution < -0.4 is 15.4 Å². The predicted octanol–water partition coefficient (Wildman–Crippen LogP) is 4.16. The van der Waals surface area contributed by atoms with Gasteiger partial charge in [0, 0.05) is 16.3 Å². The average Bonchev–Trinajstić information content (AvgIpc) is 2.75. The fourth-order valence-corrected chi connectivity index (χ4v) is 3.95. The monoisotopic (exact) mass is 477 g/mol. The van der Waals surface area contributed by atoms with Crippen LogP contribution in [0.1, 0.15) is 10.4 Å². The summed E-state index contributed by atoms with van der Waals surface area (Å²) in [5, 5.41) is 5.72. The first-order chi connectivity index (χ1) is 14.7. The van der Waals surface area contributed by atoms with Crippen LogP contribution in [0, 0.1) is 0 Å². The Morgan fingerprint density at radius 2 is 1.55 bits per heavy atom. The Hall–Kier alpha value is -3.07. The van der Waals surface area contributed by atoms with Gasteiger partial charge in [0.25, 0.3) is 15.9 Å². The van der Waals surface area contributed by atoms with E-state index in [9.17, 15) is 18.0 Å². The maximum atomic E-state index is 12.4. The number of amides is 2. The zero-order valence-electron chi connectivity index (χ0n) is 15.9. The van der Waals surface area contributed by atoms with Crippen LogP contribution >= 0.6 is 23.2 Å². The summed E-state index contributed by atoms with van der Waals surface area (Å²) in [6.45, 7) is -0.308. The van der Waals surface area contributed by atoms with E-state index in [2.05, 4.69) is 15.4 Å². The number of sulfonamides is 1. The number of hydrogen-bond acceptors (Lipinski definition) is 4. The Morgan fingerprint density at radius 1 is 0.871 bits per heavy atom. The van der Waals surface area contributed by atoms with Crippen LogP contribution in [-0.4, -0.2) is 26.8 Å². The second-order valence-electron chi connectivity index (χ2n) is 6.35. The number of anilines is 2. The third kappa shape index (κ3) is 6.21. The molecule has 0 bridgehead atoms. The summed E-state index contributed by atoms with van der Waals surface area (Å²) in [5.74, 6) is -1.03. The molecular formula is C21H17Cl2N3O4S. The van der Waals surface area contributed by atoms with E-state index in [0.29, 0.717) is 21.4 Å². The first-order valence-corrected chi connectivity index (χ1v) is 11.2. The van der Waals surface area contributed by atoms with E-state index >= 15 is 0 Å². The molecule has 0 atom stereocenters. The van der Waals surface area contributed by atoms with Gasteiger partial charge in [-0.3, -0.25) is 14.3 Å². The minimum atomic E-state index is -3.79. The molecule has 2 amide bonds. The highest BCUT2D eigenvalue weighted by molar-refractivity contribution is 7.92.